The van der Waals surface area contributed by atoms with Gasteiger partial charge in [0.05, 0.1) is 22.5 Å². The van der Waals surface area contributed by atoms with Gasteiger partial charge in [-0.2, -0.15) is 0 Å². The number of hydrogen-bond donors (Lipinski definition) is 0. The Morgan fingerprint density at radius 3 is 1.31 bits per heavy atom. The quantitative estimate of drug-likeness (QED) is 0.166. The van der Waals surface area contributed by atoms with Gasteiger partial charge in [-0.3, -0.25) is 0 Å². The largest absolute Gasteiger partial charge is 0.453 e. The standard InChI is InChI=1S/C61H40N2O/c1-3-16-41(17-4-1)43-30-34-45(35-31-43)62(46-36-32-44(33-37-46)42-18-5-2-6-19-42)47-38-39-50-54(40-47)61(51-22-9-7-20-48(51)49-21-8-10-23-52(49)61)53-24-15-27-57(60(50)53)63-55-25-11-13-28-58(55)64-59-29-14-12-26-56(59)63/h1-40H. The predicted octanol–water partition coefficient (Wildman–Crippen LogP) is 16.4. The number of benzene rings is 10. The molecule has 3 heteroatoms. The summed E-state index contributed by atoms with van der Waals surface area (Å²) in [6.45, 7) is 0. The maximum Gasteiger partial charge on any atom is 0.151 e. The van der Waals surface area contributed by atoms with E-state index in [0.29, 0.717) is 0 Å². The molecule has 0 amide bonds. The van der Waals surface area contributed by atoms with Crippen LogP contribution < -0.4 is 14.5 Å². The Labute approximate surface area is 373 Å². The lowest BCUT2D eigenvalue weighted by atomic mass is 9.70. The zero-order valence-electron chi connectivity index (χ0n) is 34.9. The van der Waals surface area contributed by atoms with Crippen LogP contribution in [-0.4, -0.2) is 0 Å². The van der Waals surface area contributed by atoms with Crippen molar-refractivity contribution in [3.63, 3.8) is 0 Å². The molecule has 1 aliphatic heterocycles. The van der Waals surface area contributed by atoms with Gasteiger partial charge in [-0.25, -0.2) is 0 Å². The monoisotopic (exact) mass is 816 g/mol. The number of anilines is 6. The maximum absolute atomic E-state index is 6.55. The van der Waals surface area contributed by atoms with Crippen LogP contribution in [0.2, 0.25) is 0 Å². The minimum absolute atomic E-state index is 0.574. The summed E-state index contributed by atoms with van der Waals surface area (Å²) < 4.78 is 6.55. The Morgan fingerprint density at radius 2 is 0.750 bits per heavy atom. The van der Waals surface area contributed by atoms with Gasteiger partial charge in [-0.15, -0.1) is 0 Å². The third-order valence-electron chi connectivity index (χ3n) is 13.5. The molecule has 3 nitrogen and oxygen atoms in total. The van der Waals surface area contributed by atoms with Crippen molar-refractivity contribution in [2.45, 2.75) is 5.41 Å². The molecule has 0 N–H and O–H groups in total. The topological polar surface area (TPSA) is 15.7 Å². The first-order valence-corrected chi connectivity index (χ1v) is 22.0. The van der Waals surface area contributed by atoms with E-state index in [1.807, 2.05) is 0 Å². The van der Waals surface area contributed by atoms with Crippen LogP contribution in [0.1, 0.15) is 22.3 Å². The van der Waals surface area contributed by atoms with Gasteiger partial charge >= 0.3 is 0 Å². The van der Waals surface area contributed by atoms with Crippen LogP contribution in [-0.2, 0) is 5.41 Å². The average Bonchev–Trinajstić information content (AvgIpc) is 3.84. The van der Waals surface area contributed by atoms with E-state index in [1.165, 1.54) is 66.8 Å². The first-order chi connectivity index (χ1) is 31.8. The number of ether oxygens (including phenoxy) is 1. The number of rotatable bonds is 6. The Balaban J connectivity index is 1.06. The van der Waals surface area contributed by atoms with Gasteiger partial charge in [0.25, 0.3) is 0 Å². The zero-order valence-corrected chi connectivity index (χ0v) is 34.9. The molecule has 0 radical (unpaired) electrons. The van der Waals surface area contributed by atoms with Crippen LogP contribution in [0.3, 0.4) is 0 Å². The molecule has 0 saturated carbocycles. The third kappa shape index (κ3) is 5.34. The fourth-order valence-electron chi connectivity index (χ4n) is 10.8. The minimum atomic E-state index is -0.574. The van der Waals surface area contributed by atoms with E-state index in [-0.39, 0.29) is 0 Å². The first-order valence-electron chi connectivity index (χ1n) is 22.0. The highest BCUT2D eigenvalue weighted by molar-refractivity contribution is 6.03. The Bertz CT molecular complexity index is 3240. The van der Waals surface area contributed by atoms with Crippen LogP contribution >= 0.6 is 0 Å². The van der Waals surface area contributed by atoms with Crippen molar-refractivity contribution < 1.29 is 4.74 Å². The molecule has 10 aromatic rings. The summed E-state index contributed by atoms with van der Waals surface area (Å²) in [4.78, 5) is 4.83. The van der Waals surface area contributed by atoms with Crippen molar-refractivity contribution in [3.8, 4) is 56.0 Å². The van der Waals surface area contributed by atoms with Gasteiger partial charge < -0.3 is 14.5 Å². The van der Waals surface area contributed by atoms with Crippen molar-refractivity contribution in [1.29, 1.82) is 0 Å². The SMILES string of the molecule is c1ccc(-c2ccc(N(c3ccc(-c4ccccc4)cc3)c3ccc4c(c3)C3(c5ccccc5-c5ccccc53)c3cccc(N5c6ccccc6Oc6ccccc65)c3-4)cc2)cc1. The molecule has 0 saturated heterocycles. The third-order valence-corrected chi connectivity index (χ3v) is 13.5. The second-order valence-corrected chi connectivity index (χ2v) is 16.8. The molecule has 0 unspecified atom stereocenters. The van der Waals surface area contributed by atoms with Gasteiger partial charge in [-0.1, -0.05) is 176 Å². The molecule has 64 heavy (non-hydrogen) atoms. The predicted molar refractivity (Wildman–Crippen MR) is 263 cm³/mol. The molecule has 13 rings (SSSR count). The van der Waals surface area contributed by atoms with Gasteiger partial charge in [0.15, 0.2) is 11.5 Å². The number of hydrogen-bond acceptors (Lipinski definition) is 3. The van der Waals surface area contributed by atoms with E-state index in [0.717, 1.165) is 45.6 Å². The lowest BCUT2D eigenvalue weighted by molar-refractivity contribution is 0.477. The fraction of sp³-hybridized carbons (Fsp3) is 0.0164. The summed E-state index contributed by atoms with van der Waals surface area (Å²) in [5.41, 5.74) is 20.8. The van der Waals surface area contributed by atoms with Gasteiger partial charge in [-0.05, 0) is 128 Å². The molecule has 0 bridgehead atoms. The van der Waals surface area contributed by atoms with Crippen molar-refractivity contribution in [2.24, 2.45) is 0 Å². The van der Waals surface area contributed by atoms with Crippen molar-refractivity contribution in [2.75, 3.05) is 9.80 Å². The number of nitrogens with zero attached hydrogens (tertiary/aromatic N) is 2. The summed E-state index contributed by atoms with van der Waals surface area (Å²) in [5, 5.41) is 0. The molecule has 10 aromatic carbocycles. The van der Waals surface area contributed by atoms with E-state index < -0.39 is 5.41 Å². The summed E-state index contributed by atoms with van der Waals surface area (Å²) in [6, 6.07) is 88.2. The van der Waals surface area contributed by atoms with Crippen LogP contribution in [0.4, 0.5) is 34.1 Å². The van der Waals surface area contributed by atoms with Crippen LogP contribution in [0.25, 0.3) is 44.5 Å². The molecular formula is C61H40N2O. The van der Waals surface area contributed by atoms with E-state index in [4.69, 9.17) is 4.74 Å². The highest BCUT2D eigenvalue weighted by atomic mass is 16.5. The Morgan fingerprint density at radius 1 is 0.312 bits per heavy atom. The Hall–Kier alpha value is -8.40. The van der Waals surface area contributed by atoms with Gasteiger partial charge in [0.1, 0.15) is 0 Å². The van der Waals surface area contributed by atoms with Crippen LogP contribution in [0.5, 0.6) is 11.5 Å². The zero-order chi connectivity index (χ0) is 42.2. The highest BCUT2D eigenvalue weighted by Crippen LogP contribution is 2.66. The van der Waals surface area contributed by atoms with Crippen molar-refractivity contribution in [1.82, 2.24) is 0 Å². The summed E-state index contributed by atoms with van der Waals surface area (Å²) in [7, 11) is 0. The molecule has 0 atom stereocenters. The smallest absolute Gasteiger partial charge is 0.151 e. The van der Waals surface area contributed by atoms with Gasteiger partial charge in [0.2, 0.25) is 0 Å². The Kier molecular flexibility index (Phi) is 8.13. The van der Waals surface area contributed by atoms with Crippen LogP contribution in [0, 0.1) is 0 Å². The lowest BCUT2D eigenvalue weighted by Gasteiger charge is -2.35. The highest BCUT2D eigenvalue weighted by Gasteiger charge is 2.53. The number of para-hydroxylation sites is 4. The summed E-state index contributed by atoms with van der Waals surface area (Å²) >= 11 is 0. The van der Waals surface area contributed by atoms with Crippen LogP contribution in [0.15, 0.2) is 243 Å². The van der Waals surface area contributed by atoms with E-state index in [2.05, 4.69) is 252 Å². The van der Waals surface area contributed by atoms with Crippen molar-refractivity contribution >= 4 is 34.1 Å². The second kappa shape index (κ2) is 14.3. The van der Waals surface area contributed by atoms with E-state index in [1.54, 1.807) is 0 Å². The molecule has 1 heterocycles. The summed E-state index contributed by atoms with van der Waals surface area (Å²) in [5.74, 6) is 1.68. The first kappa shape index (κ1) is 36.3. The molecule has 0 aromatic heterocycles. The fourth-order valence-corrected chi connectivity index (χ4v) is 10.8. The number of fused-ring (bicyclic) bond motifs is 12. The molecule has 300 valence electrons. The van der Waals surface area contributed by atoms with E-state index >= 15 is 0 Å². The maximum atomic E-state index is 6.55. The molecular weight excluding hydrogens is 777 g/mol. The lowest BCUT2D eigenvalue weighted by Crippen LogP contribution is -2.26. The molecule has 3 aliphatic rings. The van der Waals surface area contributed by atoms with E-state index in [9.17, 15) is 0 Å². The average molecular weight is 817 g/mol. The minimum Gasteiger partial charge on any atom is -0.453 e. The summed E-state index contributed by atoms with van der Waals surface area (Å²) in [6.07, 6.45) is 0. The second-order valence-electron chi connectivity index (χ2n) is 16.8. The molecule has 1 spiro atoms. The van der Waals surface area contributed by atoms with Crippen molar-refractivity contribution in [3.05, 3.63) is 265 Å². The molecule has 2 aliphatic carbocycles. The normalized spacial score (nSPS) is 13.2. The van der Waals surface area contributed by atoms with Gasteiger partial charge in [0, 0.05) is 22.6 Å². The molecule has 0 fully saturated rings.